The van der Waals surface area contributed by atoms with Crippen molar-refractivity contribution in [3.05, 3.63) is 17.2 Å². The molecular weight excluding hydrogens is 258 g/mol. The van der Waals surface area contributed by atoms with Gasteiger partial charge in [-0.1, -0.05) is 11.6 Å². The highest BCUT2D eigenvalue weighted by Gasteiger charge is 2.28. The van der Waals surface area contributed by atoms with E-state index in [0.29, 0.717) is 22.2 Å². The zero-order chi connectivity index (χ0) is 13.3. The van der Waals surface area contributed by atoms with Crippen LogP contribution in [0.4, 0.5) is 5.69 Å². The van der Waals surface area contributed by atoms with Crippen LogP contribution in [-0.2, 0) is 9.53 Å². The minimum absolute atomic E-state index is 0.159. The van der Waals surface area contributed by atoms with Crippen LogP contribution in [0.5, 0.6) is 11.5 Å². The highest BCUT2D eigenvalue weighted by atomic mass is 35.5. The molecule has 0 saturated carbocycles. The zero-order valence-electron chi connectivity index (χ0n) is 10.4. The molecule has 1 aliphatic heterocycles. The van der Waals surface area contributed by atoms with Gasteiger partial charge in [-0.2, -0.15) is 0 Å². The van der Waals surface area contributed by atoms with E-state index >= 15 is 0 Å². The number of anilines is 1. The second kappa shape index (κ2) is 4.66. The van der Waals surface area contributed by atoms with Crippen LogP contribution in [0.1, 0.15) is 13.8 Å². The first-order valence-electron chi connectivity index (χ1n) is 5.40. The molecule has 1 aromatic carbocycles. The number of carbonyl (C=O) groups excluding carboxylic acids is 1. The molecule has 0 fully saturated rings. The van der Waals surface area contributed by atoms with Gasteiger partial charge < -0.3 is 19.5 Å². The second-order valence-corrected chi connectivity index (χ2v) is 4.76. The second-order valence-electron chi connectivity index (χ2n) is 4.35. The van der Waals surface area contributed by atoms with Crippen molar-refractivity contribution in [3.63, 3.8) is 0 Å². The van der Waals surface area contributed by atoms with Gasteiger partial charge in [-0.15, -0.1) is 0 Å². The molecule has 0 atom stereocenters. The van der Waals surface area contributed by atoms with Crippen molar-refractivity contribution in [2.45, 2.75) is 19.4 Å². The van der Waals surface area contributed by atoms with Crippen LogP contribution in [0.3, 0.4) is 0 Å². The Balaban J connectivity index is 2.22. The van der Waals surface area contributed by atoms with Crippen molar-refractivity contribution in [1.29, 1.82) is 0 Å². The molecule has 6 heteroatoms. The molecule has 5 nitrogen and oxygen atoms in total. The topological polar surface area (TPSA) is 56.8 Å². The average Bonchev–Trinajstić information content (AvgIpc) is 2.76. The number of hydrogen-bond acceptors (Lipinski definition) is 4. The van der Waals surface area contributed by atoms with Gasteiger partial charge in [0.2, 0.25) is 6.79 Å². The van der Waals surface area contributed by atoms with E-state index in [4.69, 9.17) is 25.8 Å². The Morgan fingerprint density at radius 1 is 1.39 bits per heavy atom. The number of halogens is 1. The van der Waals surface area contributed by atoms with Gasteiger partial charge in [0.15, 0.2) is 11.5 Å². The van der Waals surface area contributed by atoms with Crippen LogP contribution in [-0.4, -0.2) is 25.4 Å². The first kappa shape index (κ1) is 13.0. The Bertz CT molecular complexity index is 487. The van der Waals surface area contributed by atoms with E-state index < -0.39 is 5.60 Å². The van der Waals surface area contributed by atoms with Crippen molar-refractivity contribution in [2.24, 2.45) is 0 Å². The number of amides is 1. The fourth-order valence-electron chi connectivity index (χ4n) is 1.38. The first-order valence-corrected chi connectivity index (χ1v) is 5.77. The summed E-state index contributed by atoms with van der Waals surface area (Å²) in [5.41, 5.74) is -0.462. The maximum atomic E-state index is 12.0. The fraction of sp³-hybridized carbons (Fsp3) is 0.417. The minimum Gasteiger partial charge on any atom is -0.454 e. The van der Waals surface area contributed by atoms with Gasteiger partial charge in [0.1, 0.15) is 5.60 Å². The van der Waals surface area contributed by atoms with E-state index in [1.54, 1.807) is 26.0 Å². The van der Waals surface area contributed by atoms with Gasteiger partial charge >= 0.3 is 0 Å². The van der Waals surface area contributed by atoms with Crippen molar-refractivity contribution >= 4 is 23.2 Å². The third-order valence-electron chi connectivity index (χ3n) is 2.77. The largest absolute Gasteiger partial charge is 0.454 e. The Kier molecular flexibility index (Phi) is 3.36. The number of nitrogens with one attached hydrogen (secondary N) is 1. The smallest absolute Gasteiger partial charge is 0.256 e. The van der Waals surface area contributed by atoms with Crippen molar-refractivity contribution in [3.8, 4) is 11.5 Å². The summed E-state index contributed by atoms with van der Waals surface area (Å²) in [5, 5.41) is 3.09. The number of benzene rings is 1. The summed E-state index contributed by atoms with van der Waals surface area (Å²) < 4.78 is 15.5. The lowest BCUT2D eigenvalue weighted by Crippen LogP contribution is -2.38. The van der Waals surface area contributed by atoms with Crippen molar-refractivity contribution in [1.82, 2.24) is 0 Å². The summed E-state index contributed by atoms with van der Waals surface area (Å²) in [6.45, 7) is 3.50. The van der Waals surface area contributed by atoms with Crippen molar-refractivity contribution in [2.75, 3.05) is 19.2 Å². The van der Waals surface area contributed by atoms with Gasteiger partial charge in [-0.25, -0.2) is 0 Å². The lowest BCUT2D eigenvalue weighted by molar-refractivity contribution is -0.133. The van der Waals surface area contributed by atoms with Crippen molar-refractivity contribution < 1.29 is 19.0 Å². The van der Waals surface area contributed by atoms with E-state index in [1.165, 1.54) is 7.11 Å². The summed E-state index contributed by atoms with van der Waals surface area (Å²) in [6.07, 6.45) is 0. The lowest BCUT2D eigenvalue weighted by atomic mass is 10.1. The maximum Gasteiger partial charge on any atom is 0.256 e. The van der Waals surface area contributed by atoms with Gasteiger partial charge in [0.25, 0.3) is 5.91 Å². The van der Waals surface area contributed by atoms with Crippen LogP contribution in [0.2, 0.25) is 5.02 Å². The maximum absolute atomic E-state index is 12.0. The Labute approximate surface area is 110 Å². The molecule has 0 saturated heterocycles. The molecule has 0 aromatic heterocycles. The Morgan fingerprint density at radius 2 is 2.00 bits per heavy atom. The molecule has 0 bridgehead atoms. The molecule has 1 amide bonds. The SMILES string of the molecule is COC(C)(C)C(=O)Nc1cc2c(cc1Cl)OCO2. The van der Waals surface area contributed by atoms with Crippen LogP contribution < -0.4 is 14.8 Å². The lowest BCUT2D eigenvalue weighted by Gasteiger charge is -2.22. The van der Waals surface area contributed by atoms with E-state index in [1.807, 2.05) is 0 Å². The van der Waals surface area contributed by atoms with E-state index in [0.717, 1.165) is 0 Å². The highest BCUT2D eigenvalue weighted by molar-refractivity contribution is 6.34. The van der Waals surface area contributed by atoms with E-state index in [9.17, 15) is 4.79 Å². The normalized spacial score (nSPS) is 13.6. The molecule has 1 heterocycles. The standard InChI is InChI=1S/C12H14ClNO4/c1-12(2,16-3)11(15)14-8-5-10-9(4-7(8)13)17-6-18-10/h4-5H,6H2,1-3H3,(H,14,15). The monoisotopic (exact) mass is 271 g/mol. The van der Waals surface area contributed by atoms with Crippen LogP contribution in [0, 0.1) is 0 Å². The third kappa shape index (κ3) is 2.37. The molecule has 2 rings (SSSR count). The number of fused-ring (bicyclic) bond motifs is 1. The molecular formula is C12H14ClNO4. The number of methoxy groups -OCH3 is 1. The fourth-order valence-corrected chi connectivity index (χ4v) is 1.58. The van der Waals surface area contributed by atoms with Gasteiger partial charge in [0, 0.05) is 19.2 Å². The number of rotatable bonds is 3. The molecule has 0 radical (unpaired) electrons. The van der Waals surface area contributed by atoms with Crippen LogP contribution in [0.25, 0.3) is 0 Å². The number of hydrogen-bond donors (Lipinski definition) is 1. The number of ether oxygens (including phenoxy) is 3. The quantitative estimate of drug-likeness (QED) is 0.917. The third-order valence-corrected chi connectivity index (χ3v) is 3.08. The molecule has 98 valence electrons. The molecule has 1 aromatic rings. The van der Waals surface area contributed by atoms with Gasteiger partial charge in [0.05, 0.1) is 10.7 Å². The zero-order valence-corrected chi connectivity index (χ0v) is 11.1. The van der Waals surface area contributed by atoms with Gasteiger partial charge in [-0.3, -0.25) is 4.79 Å². The first-order chi connectivity index (χ1) is 8.44. The van der Waals surface area contributed by atoms with E-state index in [-0.39, 0.29) is 12.7 Å². The summed E-state index contributed by atoms with van der Waals surface area (Å²) in [7, 11) is 1.47. The summed E-state index contributed by atoms with van der Waals surface area (Å²) in [5.74, 6) is 0.847. The number of carbonyl (C=O) groups is 1. The summed E-state index contributed by atoms with van der Waals surface area (Å²) >= 11 is 6.05. The predicted octanol–water partition coefficient (Wildman–Crippen LogP) is 2.43. The van der Waals surface area contributed by atoms with Crippen LogP contribution in [0.15, 0.2) is 12.1 Å². The summed E-state index contributed by atoms with van der Waals surface area (Å²) in [6, 6.07) is 3.24. The summed E-state index contributed by atoms with van der Waals surface area (Å²) in [4.78, 5) is 12.0. The molecule has 0 spiro atoms. The van der Waals surface area contributed by atoms with Gasteiger partial charge in [-0.05, 0) is 13.8 Å². The van der Waals surface area contributed by atoms with E-state index in [2.05, 4.69) is 5.32 Å². The minimum atomic E-state index is -0.931. The Morgan fingerprint density at radius 3 is 2.61 bits per heavy atom. The molecule has 18 heavy (non-hydrogen) atoms. The molecule has 0 unspecified atom stereocenters. The average molecular weight is 272 g/mol. The van der Waals surface area contributed by atoms with Crippen LogP contribution >= 0.6 is 11.6 Å². The highest BCUT2D eigenvalue weighted by Crippen LogP contribution is 2.39. The molecule has 1 aliphatic rings. The molecule has 1 N–H and O–H groups in total. The Hall–Kier alpha value is -1.46. The molecule has 0 aliphatic carbocycles. The predicted molar refractivity (Wildman–Crippen MR) is 67.3 cm³/mol.